The van der Waals surface area contributed by atoms with Crippen molar-refractivity contribution in [3.63, 3.8) is 0 Å². The molecule has 0 bridgehead atoms. The zero-order valence-corrected chi connectivity index (χ0v) is 18.4. The highest BCUT2D eigenvalue weighted by molar-refractivity contribution is 6.14. The smallest absolute Gasteiger partial charge is 0.241 e. The fourth-order valence-electron chi connectivity index (χ4n) is 3.95. The second-order valence-corrected chi connectivity index (χ2v) is 8.56. The summed E-state index contributed by atoms with van der Waals surface area (Å²) in [6, 6.07) is 16.2. The molecule has 2 aromatic rings. The highest BCUT2D eigenvalue weighted by atomic mass is 16.2. The van der Waals surface area contributed by atoms with Crippen LogP contribution in [0.25, 0.3) is 0 Å². The van der Waals surface area contributed by atoms with Gasteiger partial charge in [0, 0.05) is 43.3 Å². The summed E-state index contributed by atoms with van der Waals surface area (Å²) >= 11 is 0. The Bertz CT molecular complexity index is 966. The fraction of sp³-hybridized carbons (Fsp3) is 0.400. The summed E-state index contributed by atoms with van der Waals surface area (Å²) in [6.07, 6.45) is 2.18. The van der Waals surface area contributed by atoms with E-state index in [1.807, 2.05) is 31.2 Å². The Morgan fingerprint density at radius 3 is 2.28 bits per heavy atom. The van der Waals surface area contributed by atoms with Crippen LogP contribution in [0.5, 0.6) is 0 Å². The Labute approximate surface area is 188 Å². The monoisotopic (exact) mass is 434 g/mol. The van der Waals surface area contributed by atoms with Crippen molar-refractivity contribution in [2.45, 2.75) is 31.8 Å². The molecule has 0 aromatic heterocycles. The molecule has 2 fully saturated rings. The molecule has 0 spiro atoms. The van der Waals surface area contributed by atoms with Crippen molar-refractivity contribution < 1.29 is 14.4 Å². The summed E-state index contributed by atoms with van der Waals surface area (Å²) in [5, 5.41) is 5.97. The predicted octanol–water partition coefficient (Wildman–Crippen LogP) is 2.14. The van der Waals surface area contributed by atoms with Crippen LogP contribution in [0.3, 0.4) is 0 Å². The van der Waals surface area contributed by atoms with Crippen molar-refractivity contribution in [2.75, 3.05) is 38.0 Å². The van der Waals surface area contributed by atoms with Gasteiger partial charge in [-0.1, -0.05) is 42.5 Å². The van der Waals surface area contributed by atoms with E-state index in [9.17, 15) is 14.4 Å². The zero-order valence-electron chi connectivity index (χ0n) is 18.4. The minimum Gasteiger partial charge on any atom is -0.352 e. The lowest BCUT2D eigenvalue weighted by Crippen LogP contribution is -2.54. The van der Waals surface area contributed by atoms with E-state index in [0.29, 0.717) is 29.4 Å². The number of carbonyl (C=O) groups excluding carboxylic acids is 3. The Balaban J connectivity index is 1.32. The van der Waals surface area contributed by atoms with E-state index in [2.05, 4.69) is 20.4 Å². The Morgan fingerprint density at radius 1 is 0.938 bits per heavy atom. The summed E-state index contributed by atoms with van der Waals surface area (Å²) in [4.78, 5) is 42.2. The Hall–Kier alpha value is -3.03. The van der Waals surface area contributed by atoms with Crippen LogP contribution in [-0.4, -0.2) is 72.2 Å². The topological polar surface area (TPSA) is 81.8 Å². The minimum atomic E-state index is -0.336. The fourth-order valence-corrected chi connectivity index (χ4v) is 3.95. The van der Waals surface area contributed by atoms with Crippen molar-refractivity contribution in [1.82, 2.24) is 15.1 Å². The Kier molecular flexibility index (Phi) is 6.97. The van der Waals surface area contributed by atoms with Crippen LogP contribution in [0.1, 0.15) is 35.7 Å². The number of carbonyl (C=O) groups is 3. The molecule has 32 heavy (non-hydrogen) atoms. The maximum atomic E-state index is 13.0. The summed E-state index contributed by atoms with van der Waals surface area (Å²) in [5.41, 5.74) is 1.59. The second kappa shape index (κ2) is 10.1. The highest BCUT2D eigenvalue weighted by Crippen LogP contribution is 2.21. The zero-order chi connectivity index (χ0) is 22.5. The lowest BCUT2D eigenvalue weighted by atomic mass is 10.0. The second-order valence-electron chi connectivity index (χ2n) is 8.56. The van der Waals surface area contributed by atoms with Gasteiger partial charge < -0.3 is 10.6 Å². The summed E-state index contributed by atoms with van der Waals surface area (Å²) in [5.74, 6) is -0.170. The maximum Gasteiger partial charge on any atom is 0.241 e. The first-order valence-electron chi connectivity index (χ1n) is 11.3. The van der Waals surface area contributed by atoms with Gasteiger partial charge in [0.15, 0.2) is 5.78 Å². The molecule has 2 aromatic carbocycles. The average molecular weight is 435 g/mol. The van der Waals surface area contributed by atoms with Gasteiger partial charge in [0.1, 0.15) is 0 Å². The molecular formula is C25H30N4O3. The third kappa shape index (κ3) is 5.60. The number of nitrogens with one attached hydrogen (secondary N) is 2. The van der Waals surface area contributed by atoms with E-state index in [1.54, 1.807) is 30.3 Å². The third-order valence-electron chi connectivity index (χ3n) is 6.11. The molecular weight excluding hydrogens is 404 g/mol. The molecule has 2 N–H and O–H groups in total. The molecule has 2 amide bonds. The van der Waals surface area contributed by atoms with Gasteiger partial charge in [0.05, 0.1) is 18.3 Å². The number of ketones is 1. The molecule has 1 unspecified atom stereocenters. The van der Waals surface area contributed by atoms with Gasteiger partial charge >= 0.3 is 0 Å². The molecule has 1 saturated heterocycles. The average Bonchev–Trinajstić information content (AvgIpc) is 3.63. The van der Waals surface area contributed by atoms with E-state index < -0.39 is 0 Å². The minimum absolute atomic E-state index is 0.0893. The van der Waals surface area contributed by atoms with Crippen molar-refractivity contribution in [3.8, 4) is 0 Å². The first kappa shape index (κ1) is 22.2. The van der Waals surface area contributed by atoms with Gasteiger partial charge in [0.25, 0.3) is 0 Å². The number of hydrogen-bond acceptors (Lipinski definition) is 5. The standard InChI is InChI=1S/C25H30N4O3/c1-18(29-15-13-28(14-16-29)17-23(30)26-20-11-12-20)25(32)27-22-10-6-5-9-21(22)24(31)19-7-3-2-4-8-19/h2-10,18,20H,11-17H2,1H3,(H,26,30)(H,27,32). The van der Waals surface area contributed by atoms with Crippen LogP contribution in [0, 0.1) is 0 Å². The van der Waals surface area contributed by atoms with E-state index in [4.69, 9.17) is 0 Å². The number of rotatable bonds is 8. The van der Waals surface area contributed by atoms with Crippen LogP contribution < -0.4 is 10.6 Å². The van der Waals surface area contributed by atoms with E-state index >= 15 is 0 Å². The van der Waals surface area contributed by atoms with Gasteiger partial charge in [-0.15, -0.1) is 0 Å². The first-order valence-corrected chi connectivity index (χ1v) is 11.3. The lowest BCUT2D eigenvalue weighted by molar-refractivity contribution is -0.124. The molecule has 1 saturated carbocycles. The van der Waals surface area contributed by atoms with Crippen molar-refractivity contribution in [2.24, 2.45) is 0 Å². The van der Waals surface area contributed by atoms with Crippen LogP contribution >= 0.6 is 0 Å². The molecule has 7 nitrogen and oxygen atoms in total. The lowest BCUT2D eigenvalue weighted by Gasteiger charge is -2.37. The SMILES string of the molecule is CC(C(=O)Nc1ccccc1C(=O)c1ccccc1)N1CCN(CC(=O)NC2CC2)CC1. The molecule has 168 valence electrons. The largest absolute Gasteiger partial charge is 0.352 e. The maximum absolute atomic E-state index is 13.0. The molecule has 7 heteroatoms. The number of nitrogens with zero attached hydrogens (tertiary/aromatic N) is 2. The van der Waals surface area contributed by atoms with Gasteiger partial charge in [-0.25, -0.2) is 0 Å². The van der Waals surface area contributed by atoms with Crippen LogP contribution in [-0.2, 0) is 9.59 Å². The van der Waals surface area contributed by atoms with Crippen LogP contribution in [0.4, 0.5) is 5.69 Å². The first-order chi connectivity index (χ1) is 15.5. The summed E-state index contributed by atoms with van der Waals surface area (Å²) in [6.45, 7) is 5.23. The van der Waals surface area contributed by atoms with Gasteiger partial charge in [-0.2, -0.15) is 0 Å². The number of amides is 2. The predicted molar refractivity (Wildman–Crippen MR) is 124 cm³/mol. The number of benzene rings is 2. The quantitative estimate of drug-likeness (QED) is 0.622. The van der Waals surface area contributed by atoms with Crippen molar-refractivity contribution in [1.29, 1.82) is 0 Å². The number of piperazine rings is 1. The van der Waals surface area contributed by atoms with Crippen LogP contribution in [0.2, 0.25) is 0 Å². The molecule has 1 aliphatic carbocycles. The van der Waals surface area contributed by atoms with Crippen molar-refractivity contribution in [3.05, 3.63) is 65.7 Å². The number of anilines is 1. The molecule has 2 aliphatic rings. The van der Waals surface area contributed by atoms with Gasteiger partial charge in [-0.3, -0.25) is 24.2 Å². The molecule has 1 atom stereocenters. The molecule has 4 rings (SSSR count). The number of para-hydroxylation sites is 1. The summed E-state index contributed by atoms with van der Waals surface area (Å²) in [7, 11) is 0. The molecule has 1 aliphatic heterocycles. The van der Waals surface area contributed by atoms with Crippen LogP contribution in [0.15, 0.2) is 54.6 Å². The third-order valence-corrected chi connectivity index (χ3v) is 6.11. The van der Waals surface area contributed by atoms with Gasteiger partial charge in [0.2, 0.25) is 11.8 Å². The number of hydrogen-bond donors (Lipinski definition) is 2. The molecule has 0 radical (unpaired) electrons. The van der Waals surface area contributed by atoms with E-state index in [1.165, 1.54) is 0 Å². The summed E-state index contributed by atoms with van der Waals surface area (Å²) < 4.78 is 0. The van der Waals surface area contributed by atoms with E-state index in [-0.39, 0.29) is 23.6 Å². The molecule has 1 heterocycles. The van der Waals surface area contributed by atoms with Gasteiger partial charge in [-0.05, 0) is 31.9 Å². The van der Waals surface area contributed by atoms with Crippen molar-refractivity contribution >= 4 is 23.3 Å². The highest BCUT2D eigenvalue weighted by Gasteiger charge is 2.28. The normalized spacial score (nSPS) is 18.0. The van der Waals surface area contributed by atoms with E-state index in [0.717, 1.165) is 39.0 Å². The Morgan fingerprint density at radius 2 is 1.59 bits per heavy atom.